The summed E-state index contributed by atoms with van der Waals surface area (Å²) in [5, 5.41) is 6.12. The van der Waals surface area contributed by atoms with Crippen LogP contribution < -0.4 is 0 Å². The Labute approximate surface area is 137 Å². The summed E-state index contributed by atoms with van der Waals surface area (Å²) < 4.78 is 5.32. The van der Waals surface area contributed by atoms with Crippen LogP contribution in [-0.4, -0.2) is 15.1 Å². The third kappa shape index (κ3) is 3.10. The first-order valence-corrected chi connectivity index (χ1v) is 8.24. The van der Waals surface area contributed by atoms with Gasteiger partial charge in [0.2, 0.25) is 11.7 Å². The van der Waals surface area contributed by atoms with E-state index in [-0.39, 0.29) is 0 Å². The predicted molar refractivity (Wildman–Crippen MR) is 91.0 cm³/mol. The highest BCUT2D eigenvalue weighted by Gasteiger charge is 2.09. The zero-order valence-electron chi connectivity index (χ0n) is 12.2. The molecule has 0 spiro atoms. The highest BCUT2D eigenvalue weighted by atomic mass is 32.2. The molecule has 0 amide bonds. The van der Waals surface area contributed by atoms with Gasteiger partial charge >= 0.3 is 0 Å². The van der Waals surface area contributed by atoms with Gasteiger partial charge in [0.15, 0.2) is 0 Å². The lowest BCUT2D eigenvalue weighted by Gasteiger charge is -2.00. The van der Waals surface area contributed by atoms with Crippen molar-refractivity contribution in [1.29, 1.82) is 0 Å². The van der Waals surface area contributed by atoms with Gasteiger partial charge in [0.05, 0.1) is 16.3 Å². The lowest BCUT2D eigenvalue weighted by Crippen LogP contribution is -1.85. The molecule has 0 bridgehead atoms. The molecule has 0 aliphatic heterocycles. The maximum absolute atomic E-state index is 5.32. The van der Waals surface area contributed by atoms with E-state index in [1.807, 2.05) is 54.6 Å². The summed E-state index contributed by atoms with van der Waals surface area (Å²) in [7, 11) is 0. The van der Waals surface area contributed by atoms with Crippen molar-refractivity contribution in [2.75, 3.05) is 0 Å². The third-order valence-corrected chi connectivity index (χ3v) is 4.33. The fraction of sp³-hybridized carbons (Fsp3) is 0.0556. The summed E-state index contributed by atoms with van der Waals surface area (Å²) in [6.07, 6.45) is 0. The van der Waals surface area contributed by atoms with Crippen molar-refractivity contribution in [3.63, 3.8) is 0 Å². The average molecular weight is 319 g/mol. The first-order chi connectivity index (χ1) is 11.4. The highest BCUT2D eigenvalue weighted by molar-refractivity contribution is 7.98. The molecule has 23 heavy (non-hydrogen) atoms. The minimum Gasteiger partial charge on any atom is -0.338 e. The number of hydrogen-bond acceptors (Lipinski definition) is 5. The Morgan fingerprint density at radius 2 is 1.65 bits per heavy atom. The Morgan fingerprint density at radius 1 is 0.826 bits per heavy atom. The molecule has 2 heterocycles. The van der Waals surface area contributed by atoms with Crippen LogP contribution in [0.2, 0.25) is 0 Å². The van der Waals surface area contributed by atoms with E-state index >= 15 is 0 Å². The molecule has 0 aliphatic carbocycles. The lowest BCUT2D eigenvalue weighted by atomic mass is 10.2. The van der Waals surface area contributed by atoms with Gasteiger partial charge in [-0.05, 0) is 12.1 Å². The van der Waals surface area contributed by atoms with E-state index in [4.69, 9.17) is 4.52 Å². The third-order valence-electron chi connectivity index (χ3n) is 3.42. The second-order valence-corrected chi connectivity index (χ2v) is 6.00. The smallest absolute Gasteiger partial charge is 0.237 e. The van der Waals surface area contributed by atoms with E-state index in [1.54, 1.807) is 11.8 Å². The number of rotatable bonds is 4. The summed E-state index contributed by atoms with van der Waals surface area (Å²) in [6, 6.07) is 22.0. The fourth-order valence-corrected chi connectivity index (χ4v) is 3.00. The van der Waals surface area contributed by atoms with Crippen molar-refractivity contribution in [2.24, 2.45) is 0 Å². The first kappa shape index (κ1) is 14.0. The minimum atomic E-state index is 0.601. The predicted octanol–water partition coefficient (Wildman–Crippen LogP) is 4.58. The Kier molecular flexibility index (Phi) is 3.78. The molecule has 5 heteroatoms. The number of hydrogen-bond donors (Lipinski definition) is 0. The normalized spacial score (nSPS) is 11.0. The Bertz CT molecular complexity index is 937. The van der Waals surface area contributed by atoms with E-state index in [0.29, 0.717) is 17.5 Å². The van der Waals surface area contributed by atoms with E-state index in [1.165, 1.54) is 0 Å². The molecule has 0 saturated carbocycles. The van der Waals surface area contributed by atoms with Crippen molar-refractivity contribution >= 4 is 22.7 Å². The number of aromatic nitrogens is 3. The quantitative estimate of drug-likeness (QED) is 0.515. The Hall–Kier alpha value is -2.66. The number of fused-ring (bicyclic) bond motifs is 1. The Balaban J connectivity index is 1.49. The standard InChI is InChI=1S/C18H13N3OS/c1-2-7-14(8-3-1)18-20-16(22-21-18)12-23-17-11-10-13-6-4-5-9-15(13)19-17/h1-11H,12H2. The number of nitrogens with zero attached hydrogens (tertiary/aromatic N) is 3. The highest BCUT2D eigenvalue weighted by Crippen LogP contribution is 2.24. The first-order valence-electron chi connectivity index (χ1n) is 7.25. The van der Waals surface area contributed by atoms with Gasteiger partial charge in [0.1, 0.15) is 0 Å². The molecule has 2 aromatic heterocycles. The van der Waals surface area contributed by atoms with Crippen LogP contribution in [0.4, 0.5) is 0 Å². The van der Waals surface area contributed by atoms with Crippen LogP contribution in [0.3, 0.4) is 0 Å². The molecule has 112 valence electrons. The average Bonchev–Trinajstić information content (AvgIpc) is 3.10. The summed E-state index contributed by atoms with van der Waals surface area (Å²) in [5.74, 6) is 1.82. The largest absolute Gasteiger partial charge is 0.338 e. The zero-order valence-corrected chi connectivity index (χ0v) is 13.0. The van der Waals surface area contributed by atoms with E-state index in [9.17, 15) is 0 Å². The molecule has 0 aliphatic rings. The van der Waals surface area contributed by atoms with Gasteiger partial charge in [-0.25, -0.2) is 4.98 Å². The van der Waals surface area contributed by atoms with Crippen LogP contribution >= 0.6 is 11.8 Å². The summed E-state index contributed by atoms with van der Waals surface area (Å²) in [5.41, 5.74) is 1.95. The van der Waals surface area contributed by atoms with E-state index in [0.717, 1.165) is 21.5 Å². The van der Waals surface area contributed by atoms with E-state index in [2.05, 4.69) is 27.3 Å². The van der Waals surface area contributed by atoms with Gasteiger partial charge in [-0.2, -0.15) is 4.98 Å². The summed E-state index contributed by atoms with van der Waals surface area (Å²) in [4.78, 5) is 9.06. The van der Waals surface area contributed by atoms with Crippen molar-refractivity contribution in [1.82, 2.24) is 15.1 Å². The molecular formula is C18H13N3OS. The molecule has 2 aromatic carbocycles. The maximum atomic E-state index is 5.32. The van der Waals surface area contributed by atoms with Crippen LogP contribution in [0, 0.1) is 0 Å². The maximum Gasteiger partial charge on any atom is 0.237 e. The van der Waals surface area contributed by atoms with Gasteiger partial charge < -0.3 is 4.52 Å². The van der Waals surface area contributed by atoms with Crippen LogP contribution in [0.5, 0.6) is 0 Å². The van der Waals surface area contributed by atoms with Crippen molar-refractivity contribution in [2.45, 2.75) is 10.8 Å². The molecule has 0 saturated heterocycles. The number of para-hydroxylation sites is 1. The number of pyridine rings is 1. The van der Waals surface area contributed by atoms with Crippen LogP contribution in [-0.2, 0) is 5.75 Å². The van der Waals surface area contributed by atoms with Gasteiger partial charge in [0.25, 0.3) is 0 Å². The van der Waals surface area contributed by atoms with Crippen molar-refractivity contribution in [3.8, 4) is 11.4 Å². The fourth-order valence-electron chi connectivity index (χ4n) is 2.28. The second-order valence-electron chi connectivity index (χ2n) is 5.01. The molecular weight excluding hydrogens is 306 g/mol. The number of thioether (sulfide) groups is 1. The second kappa shape index (κ2) is 6.22. The molecule has 4 nitrogen and oxygen atoms in total. The monoisotopic (exact) mass is 319 g/mol. The van der Waals surface area contributed by atoms with Crippen molar-refractivity contribution < 1.29 is 4.52 Å². The molecule has 0 radical (unpaired) electrons. The van der Waals surface area contributed by atoms with Gasteiger partial charge in [-0.3, -0.25) is 0 Å². The minimum absolute atomic E-state index is 0.601. The molecule has 0 N–H and O–H groups in total. The van der Waals surface area contributed by atoms with E-state index < -0.39 is 0 Å². The molecule has 0 atom stereocenters. The summed E-state index contributed by atoms with van der Waals surface area (Å²) in [6.45, 7) is 0. The number of benzene rings is 2. The molecule has 0 fully saturated rings. The van der Waals surface area contributed by atoms with Crippen LogP contribution in [0.15, 0.2) is 76.3 Å². The molecule has 4 rings (SSSR count). The van der Waals surface area contributed by atoms with Crippen LogP contribution in [0.1, 0.15) is 5.89 Å². The van der Waals surface area contributed by atoms with Crippen LogP contribution in [0.25, 0.3) is 22.3 Å². The van der Waals surface area contributed by atoms with Gasteiger partial charge in [-0.15, -0.1) is 0 Å². The van der Waals surface area contributed by atoms with Gasteiger partial charge in [-0.1, -0.05) is 71.5 Å². The van der Waals surface area contributed by atoms with Gasteiger partial charge in [0, 0.05) is 10.9 Å². The Morgan fingerprint density at radius 3 is 2.57 bits per heavy atom. The molecule has 4 aromatic rings. The van der Waals surface area contributed by atoms with Crippen molar-refractivity contribution in [3.05, 3.63) is 72.6 Å². The molecule has 0 unspecified atom stereocenters. The topological polar surface area (TPSA) is 51.8 Å². The lowest BCUT2D eigenvalue weighted by molar-refractivity contribution is 0.391. The zero-order chi connectivity index (χ0) is 15.5. The SMILES string of the molecule is c1ccc(-c2noc(CSc3ccc4ccccc4n3)n2)cc1. The summed E-state index contributed by atoms with van der Waals surface area (Å²) >= 11 is 1.59.